The van der Waals surface area contributed by atoms with Crippen LogP contribution in [0.1, 0.15) is 53.9 Å². The highest BCUT2D eigenvalue weighted by atomic mass is 16.3. The average Bonchev–Trinajstić information content (AvgIpc) is 1.97. The maximum absolute atomic E-state index is 9.75. The Morgan fingerprint density at radius 2 is 1.62 bits per heavy atom. The second-order valence-electron chi connectivity index (χ2n) is 4.69. The van der Waals surface area contributed by atoms with E-state index in [1.54, 1.807) is 6.92 Å². The molecule has 0 fully saturated rings. The number of aliphatic hydroxyl groups is 1. The van der Waals surface area contributed by atoms with Crippen molar-refractivity contribution in [3.63, 3.8) is 0 Å². The van der Waals surface area contributed by atoms with Crippen LogP contribution in [0, 0.1) is 0 Å². The number of hydrogen-bond donors (Lipinski definition) is 1. The molecular weight excluding hydrogens is 164 g/mol. The molecule has 0 amide bonds. The quantitative estimate of drug-likeness (QED) is 0.673. The molecule has 3 heteroatoms. The fourth-order valence-electron chi connectivity index (χ4n) is 0.819. The van der Waals surface area contributed by atoms with Gasteiger partial charge < -0.3 is 5.11 Å². The first-order valence-electron chi connectivity index (χ1n) is 4.93. The van der Waals surface area contributed by atoms with Crippen LogP contribution in [0.3, 0.4) is 0 Å². The minimum atomic E-state index is -0.983. The normalized spacial score (nSPS) is 17.7. The second kappa shape index (κ2) is 4.70. The standard InChI is InChI=1S/C10H22N2O/c1-6-7-8-10(5,13)12-11-9(2,3)4/h13H,6-8H2,1-5H3. The molecule has 0 aliphatic carbocycles. The predicted molar refractivity (Wildman–Crippen MR) is 54.8 cm³/mol. The molecule has 0 bridgehead atoms. The molecule has 1 atom stereocenters. The molecule has 13 heavy (non-hydrogen) atoms. The van der Waals surface area contributed by atoms with E-state index in [-0.39, 0.29) is 5.54 Å². The van der Waals surface area contributed by atoms with Crippen molar-refractivity contribution in [1.82, 2.24) is 0 Å². The van der Waals surface area contributed by atoms with Gasteiger partial charge in [-0.15, -0.1) is 0 Å². The van der Waals surface area contributed by atoms with E-state index >= 15 is 0 Å². The Kier molecular flexibility index (Phi) is 4.54. The van der Waals surface area contributed by atoms with Gasteiger partial charge in [-0.3, -0.25) is 0 Å². The van der Waals surface area contributed by atoms with Gasteiger partial charge in [-0.1, -0.05) is 13.3 Å². The fourth-order valence-corrected chi connectivity index (χ4v) is 0.819. The van der Waals surface area contributed by atoms with Gasteiger partial charge in [0.1, 0.15) is 0 Å². The fraction of sp³-hybridized carbons (Fsp3) is 1.00. The third-order valence-corrected chi connectivity index (χ3v) is 1.57. The van der Waals surface area contributed by atoms with Crippen molar-refractivity contribution in [2.24, 2.45) is 10.2 Å². The molecule has 0 heterocycles. The third kappa shape index (κ3) is 7.91. The summed E-state index contributed by atoms with van der Waals surface area (Å²) in [7, 11) is 0. The van der Waals surface area contributed by atoms with E-state index < -0.39 is 5.72 Å². The molecular formula is C10H22N2O. The van der Waals surface area contributed by atoms with Crippen LogP contribution < -0.4 is 0 Å². The summed E-state index contributed by atoms with van der Waals surface area (Å²) in [5, 5.41) is 17.7. The molecule has 0 aromatic rings. The first kappa shape index (κ1) is 12.6. The number of nitrogens with zero attached hydrogens (tertiary/aromatic N) is 2. The summed E-state index contributed by atoms with van der Waals surface area (Å²) in [6, 6.07) is 0. The monoisotopic (exact) mass is 186 g/mol. The average molecular weight is 186 g/mol. The first-order valence-corrected chi connectivity index (χ1v) is 4.93. The summed E-state index contributed by atoms with van der Waals surface area (Å²) < 4.78 is 0. The maximum atomic E-state index is 9.75. The van der Waals surface area contributed by atoms with Crippen molar-refractivity contribution >= 4 is 0 Å². The van der Waals surface area contributed by atoms with Crippen molar-refractivity contribution in [1.29, 1.82) is 0 Å². The van der Waals surface area contributed by atoms with E-state index in [2.05, 4.69) is 17.2 Å². The largest absolute Gasteiger partial charge is 0.368 e. The van der Waals surface area contributed by atoms with E-state index in [1.165, 1.54) is 0 Å². The molecule has 0 rings (SSSR count). The minimum Gasteiger partial charge on any atom is -0.368 e. The number of unbranched alkanes of at least 4 members (excludes halogenated alkanes) is 1. The van der Waals surface area contributed by atoms with Gasteiger partial charge in [0.15, 0.2) is 5.72 Å². The topological polar surface area (TPSA) is 45.0 Å². The summed E-state index contributed by atoms with van der Waals surface area (Å²) in [6.45, 7) is 9.69. The van der Waals surface area contributed by atoms with Crippen LogP contribution in [0.15, 0.2) is 10.2 Å². The molecule has 3 nitrogen and oxygen atoms in total. The van der Waals surface area contributed by atoms with Gasteiger partial charge >= 0.3 is 0 Å². The van der Waals surface area contributed by atoms with E-state index in [0.29, 0.717) is 6.42 Å². The molecule has 0 aliphatic heterocycles. The summed E-state index contributed by atoms with van der Waals surface area (Å²) in [5.41, 5.74) is -1.18. The van der Waals surface area contributed by atoms with Gasteiger partial charge in [-0.2, -0.15) is 10.2 Å². The van der Waals surface area contributed by atoms with Crippen LogP contribution in [-0.4, -0.2) is 16.4 Å². The minimum absolute atomic E-state index is 0.198. The lowest BCUT2D eigenvalue weighted by Gasteiger charge is -2.19. The zero-order valence-corrected chi connectivity index (χ0v) is 9.46. The Morgan fingerprint density at radius 3 is 2.00 bits per heavy atom. The number of azo groups is 1. The molecule has 0 aromatic heterocycles. The SMILES string of the molecule is CCCCC(C)(O)N=NC(C)(C)C. The lowest BCUT2D eigenvalue weighted by Crippen LogP contribution is -2.22. The first-order chi connectivity index (χ1) is 5.77. The Morgan fingerprint density at radius 1 is 1.08 bits per heavy atom. The van der Waals surface area contributed by atoms with Crippen LogP contribution in [0.4, 0.5) is 0 Å². The molecule has 0 saturated carbocycles. The predicted octanol–water partition coefficient (Wildman–Crippen LogP) is 3.14. The molecule has 1 unspecified atom stereocenters. The second-order valence-corrected chi connectivity index (χ2v) is 4.69. The van der Waals surface area contributed by atoms with Crippen molar-refractivity contribution in [3.05, 3.63) is 0 Å². The summed E-state index contributed by atoms with van der Waals surface area (Å²) in [6.07, 6.45) is 2.74. The Bertz CT molecular complexity index is 168. The zero-order valence-electron chi connectivity index (χ0n) is 9.46. The van der Waals surface area contributed by atoms with Gasteiger partial charge in [0, 0.05) is 0 Å². The summed E-state index contributed by atoms with van der Waals surface area (Å²) >= 11 is 0. The summed E-state index contributed by atoms with van der Waals surface area (Å²) in [4.78, 5) is 0. The molecule has 0 aromatic carbocycles. The van der Waals surface area contributed by atoms with Crippen molar-refractivity contribution in [3.8, 4) is 0 Å². The van der Waals surface area contributed by atoms with E-state index in [9.17, 15) is 5.11 Å². The third-order valence-electron chi connectivity index (χ3n) is 1.57. The highest BCUT2D eigenvalue weighted by Crippen LogP contribution is 2.18. The lowest BCUT2D eigenvalue weighted by atomic mass is 10.1. The highest BCUT2D eigenvalue weighted by Gasteiger charge is 2.19. The smallest absolute Gasteiger partial charge is 0.173 e. The Hall–Kier alpha value is -0.440. The highest BCUT2D eigenvalue weighted by molar-refractivity contribution is 4.72. The lowest BCUT2D eigenvalue weighted by molar-refractivity contribution is 0.0473. The molecule has 0 saturated heterocycles. The van der Waals surface area contributed by atoms with Gasteiger partial charge in [0.25, 0.3) is 0 Å². The van der Waals surface area contributed by atoms with Crippen LogP contribution in [0.5, 0.6) is 0 Å². The number of rotatable bonds is 4. The van der Waals surface area contributed by atoms with Crippen LogP contribution in [0.25, 0.3) is 0 Å². The van der Waals surface area contributed by atoms with Gasteiger partial charge in [0.2, 0.25) is 0 Å². The van der Waals surface area contributed by atoms with Gasteiger partial charge in [-0.25, -0.2) is 0 Å². The van der Waals surface area contributed by atoms with E-state index in [4.69, 9.17) is 0 Å². The maximum Gasteiger partial charge on any atom is 0.173 e. The number of hydrogen-bond acceptors (Lipinski definition) is 3. The zero-order chi connectivity index (χ0) is 10.5. The van der Waals surface area contributed by atoms with E-state index in [1.807, 2.05) is 20.8 Å². The molecule has 0 radical (unpaired) electrons. The summed E-state index contributed by atoms with van der Waals surface area (Å²) in [5.74, 6) is 0. The van der Waals surface area contributed by atoms with Crippen LogP contribution in [0.2, 0.25) is 0 Å². The molecule has 78 valence electrons. The van der Waals surface area contributed by atoms with Crippen LogP contribution >= 0.6 is 0 Å². The van der Waals surface area contributed by atoms with Gasteiger partial charge in [0.05, 0.1) is 5.54 Å². The molecule has 0 aliphatic rings. The van der Waals surface area contributed by atoms with Gasteiger partial charge in [-0.05, 0) is 40.5 Å². The van der Waals surface area contributed by atoms with Crippen molar-refractivity contribution in [2.45, 2.75) is 65.1 Å². The Labute approximate surface area is 81.3 Å². The molecule has 0 spiro atoms. The van der Waals surface area contributed by atoms with Crippen molar-refractivity contribution in [2.75, 3.05) is 0 Å². The molecule has 1 N–H and O–H groups in total. The van der Waals surface area contributed by atoms with Crippen molar-refractivity contribution < 1.29 is 5.11 Å². The Balaban J connectivity index is 4.08. The van der Waals surface area contributed by atoms with E-state index in [0.717, 1.165) is 12.8 Å². The van der Waals surface area contributed by atoms with Crippen LogP contribution in [-0.2, 0) is 0 Å².